The second-order valence-corrected chi connectivity index (χ2v) is 6.24. The normalized spacial score (nSPS) is 19.8. The molecule has 2 rings (SSSR count). The first-order chi connectivity index (χ1) is 8.80. The lowest BCUT2D eigenvalue weighted by molar-refractivity contribution is 0.0768. The minimum atomic E-state index is -0.663. The Morgan fingerprint density at radius 2 is 2.11 bits per heavy atom. The summed E-state index contributed by atoms with van der Waals surface area (Å²) in [4.78, 5) is 13.9. The van der Waals surface area contributed by atoms with E-state index >= 15 is 0 Å². The van der Waals surface area contributed by atoms with Crippen molar-refractivity contribution in [2.75, 3.05) is 13.1 Å². The van der Waals surface area contributed by atoms with Gasteiger partial charge in [-0.05, 0) is 29.9 Å². The Hall–Kier alpha value is -1.58. The largest absolute Gasteiger partial charge is 0.507 e. The van der Waals surface area contributed by atoms with Crippen LogP contribution in [0.25, 0.3) is 0 Å². The number of amides is 1. The number of aromatic hydroxyl groups is 1. The molecule has 1 N–H and O–H groups in total. The van der Waals surface area contributed by atoms with Crippen LogP contribution < -0.4 is 0 Å². The van der Waals surface area contributed by atoms with Gasteiger partial charge < -0.3 is 10.0 Å². The number of phenolic OH excluding ortho intramolecular Hbond substituents is 1. The molecule has 0 saturated carbocycles. The molecule has 1 unspecified atom stereocenters. The van der Waals surface area contributed by atoms with E-state index in [2.05, 4.69) is 20.8 Å². The second kappa shape index (κ2) is 4.83. The van der Waals surface area contributed by atoms with Gasteiger partial charge in [-0.25, -0.2) is 4.39 Å². The van der Waals surface area contributed by atoms with Crippen LogP contribution in [0.2, 0.25) is 0 Å². The van der Waals surface area contributed by atoms with E-state index in [1.165, 1.54) is 18.2 Å². The van der Waals surface area contributed by atoms with Crippen molar-refractivity contribution in [3.63, 3.8) is 0 Å². The van der Waals surface area contributed by atoms with Crippen LogP contribution >= 0.6 is 0 Å². The van der Waals surface area contributed by atoms with Crippen molar-refractivity contribution >= 4 is 5.91 Å². The highest BCUT2D eigenvalue weighted by molar-refractivity contribution is 5.97. The number of halogens is 1. The van der Waals surface area contributed by atoms with E-state index in [-0.39, 0.29) is 16.7 Å². The average molecular weight is 265 g/mol. The van der Waals surface area contributed by atoms with Gasteiger partial charge in [0.15, 0.2) is 0 Å². The maximum absolute atomic E-state index is 13.7. The molecule has 1 aliphatic rings. The highest BCUT2D eigenvalue weighted by Gasteiger charge is 2.35. The molecule has 1 aromatic rings. The van der Waals surface area contributed by atoms with Crippen LogP contribution in [-0.2, 0) is 0 Å². The number of benzene rings is 1. The predicted octanol–water partition coefficient (Wildman–Crippen LogP) is 3.04. The summed E-state index contributed by atoms with van der Waals surface area (Å²) in [7, 11) is 0. The third kappa shape index (κ3) is 2.72. The molecule has 1 aliphatic heterocycles. The molecule has 1 atom stereocenters. The molecule has 1 heterocycles. The third-order valence-corrected chi connectivity index (χ3v) is 3.91. The van der Waals surface area contributed by atoms with Crippen molar-refractivity contribution in [2.45, 2.75) is 27.2 Å². The first-order valence-electron chi connectivity index (χ1n) is 6.57. The summed E-state index contributed by atoms with van der Waals surface area (Å²) in [6.45, 7) is 7.68. The fourth-order valence-corrected chi connectivity index (χ4v) is 2.53. The van der Waals surface area contributed by atoms with Gasteiger partial charge in [-0.3, -0.25) is 4.79 Å². The van der Waals surface area contributed by atoms with Gasteiger partial charge in [0, 0.05) is 13.1 Å². The Morgan fingerprint density at radius 1 is 1.42 bits per heavy atom. The van der Waals surface area contributed by atoms with Crippen molar-refractivity contribution in [3.8, 4) is 5.75 Å². The van der Waals surface area contributed by atoms with Crippen LogP contribution in [0.1, 0.15) is 37.6 Å². The van der Waals surface area contributed by atoms with E-state index < -0.39 is 11.7 Å². The molecule has 1 amide bonds. The van der Waals surface area contributed by atoms with Gasteiger partial charge in [0.25, 0.3) is 5.91 Å². The minimum absolute atomic E-state index is 0.131. The number of carbonyl (C=O) groups is 1. The molecule has 0 spiro atoms. The molecule has 19 heavy (non-hydrogen) atoms. The van der Waals surface area contributed by atoms with Crippen molar-refractivity contribution < 1.29 is 14.3 Å². The number of likely N-dealkylation sites (tertiary alicyclic amines) is 1. The molecule has 4 heteroatoms. The minimum Gasteiger partial charge on any atom is -0.507 e. The zero-order valence-corrected chi connectivity index (χ0v) is 11.6. The Labute approximate surface area is 113 Å². The van der Waals surface area contributed by atoms with E-state index in [9.17, 15) is 14.3 Å². The first-order valence-corrected chi connectivity index (χ1v) is 6.57. The molecular weight excluding hydrogens is 245 g/mol. The van der Waals surface area contributed by atoms with Gasteiger partial charge in [0.05, 0.1) is 0 Å². The summed E-state index contributed by atoms with van der Waals surface area (Å²) < 4.78 is 13.7. The lowest BCUT2D eigenvalue weighted by Crippen LogP contribution is -2.31. The zero-order valence-electron chi connectivity index (χ0n) is 11.6. The molecule has 3 nitrogen and oxygen atoms in total. The lowest BCUT2D eigenvalue weighted by atomic mass is 9.80. The first kappa shape index (κ1) is 13.8. The maximum atomic E-state index is 13.7. The number of hydrogen-bond acceptors (Lipinski definition) is 2. The molecule has 1 saturated heterocycles. The van der Waals surface area contributed by atoms with Gasteiger partial charge in [0.1, 0.15) is 17.1 Å². The number of carbonyl (C=O) groups excluding carboxylic acids is 1. The van der Waals surface area contributed by atoms with Gasteiger partial charge in [-0.1, -0.05) is 26.8 Å². The molecule has 0 aromatic heterocycles. The van der Waals surface area contributed by atoms with E-state index in [1.54, 1.807) is 4.90 Å². The van der Waals surface area contributed by atoms with Gasteiger partial charge in [-0.2, -0.15) is 0 Å². The van der Waals surface area contributed by atoms with Gasteiger partial charge in [0.2, 0.25) is 0 Å². The van der Waals surface area contributed by atoms with Crippen molar-refractivity contribution in [2.24, 2.45) is 11.3 Å². The molecule has 0 bridgehead atoms. The van der Waals surface area contributed by atoms with E-state index in [0.717, 1.165) is 6.42 Å². The molecule has 0 radical (unpaired) electrons. The van der Waals surface area contributed by atoms with Crippen molar-refractivity contribution in [1.29, 1.82) is 0 Å². The lowest BCUT2D eigenvalue weighted by Gasteiger charge is -2.27. The van der Waals surface area contributed by atoms with Gasteiger partial charge >= 0.3 is 0 Å². The van der Waals surface area contributed by atoms with Crippen LogP contribution in [0.5, 0.6) is 5.75 Å². The summed E-state index contributed by atoms with van der Waals surface area (Å²) in [5, 5.41) is 9.66. The summed E-state index contributed by atoms with van der Waals surface area (Å²) in [5.74, 6) is -0.957. The van der Waals surface area contributed by atoms with Crippen molar-refractivity contribution in [3.05, 3.63) is 29.6 Å². The van der Waals surface area contributed by atoms with Crippen LogP contribution in [0.15, 0.2) is 18.2 Å². The average Bonchev–Trinajstić information content (AvgIpc) is 2.77. The fraction of sp³-hybridized carbons (Fsp3) is 0.533. The van der Waals surface area contributed by atoms with Crippen LogP contribution in [0.4, 0.5) is 4.39 Å². The smallest absolute Gasteiger partial charge is 0.260 e. The highest BCUT2D eigenvalue weighted by atomic mass is 19.1. The van der Waals surface area contributed by atoms with Crippen LogP contribution in [0, 0.1) is 17.2 Å². The molecule has 0 aliphatic carbocycles. The molecule has 104 valence electrons. The third-order valence-electron chi connectivity index (χ3n) is 3.91. The van der Waals surface area contributed by atoms with Gasteiger partial charge in [-0.15, -0.1) is 0 Å². The Bertz CT molecular complexity index is 473. The van der Waals surface area contributed by atoms with Crippen LogP contribution in [0.3, 0.4) is 0 Å². The second-order valence-electron chi connectivity index (χ2n) is 6.24. The zero-order chi connectivity index (χ0) is 14.2. The monoisotopic (exact) mass is 265 g/mol. The Kier molecular flexibility index (Phi) is 3.52. The fourth-order valence-electron chi connectivity index (χ4n) is 2.53. The number of hydrogen-bond donors (Lipinski definition) is 1. The molecular formula is C15H20FNO2. The number of phenols is 1. The quantitative estimate of drug-likeness (QED) is 0.848. The summed E-state index contributed by atoms with van der Waals surface area (Å²) in [5.41, 5.74) is -0.0798. The number of rotatable bonds is 1. The Morgan fingerprint density at radius 3 is 2.63 bits per heavy atom. The standard InChI is InChI=1S/C15H20FNO2/c1-15(2,3)10-7-8-17(9-10)14(19)13-11(16)5-4-6-12(13)18/h4-6,10,18H,7-9H2,1-3H3. The van der Waals surface area contributed by atoms with E-state index in [0.29, 0.717) is 19.0 Å². The van der Waals surface area contributed by atoms with E-state index in [4.69, 9.17) is 0 Å². The molecule has 1 aromatic carbocycles. The topological polar surface area (TPSA) is 40.5 Å². The molecule has 1 fully saturated rings. The summed E-state index contributed by atoms with van der Waals surface area (Å²) >= 11 is 0. The summed E-state index contributed by atoms with van der Waals surface area (Å²) in [6, 6.07) is 3.93. The van der Waals surface area contributed by atoms with Crippen LogP contribution in [-0.4, -0.2) is 29.0 Å². The van der Waals surface area contributed by atoms with Crippen molar-refractivity contribution in [1.82, 2.24) is 4.90 Å². The highest BCUT2D eigenvalue weighted by Crippen LogP contribution is 2.34. The predicted molar refractivity (Wildman–Crippen MR) is 71.5 cm³/mol. The SMILES string of the molecule is CC(C)(C)C1CCN(C(=O)c2c(O)cccc2F)C1. The maximum Gasteiger partial charge on any atom is 0.260 e. The summed E-state index contributed by atoms with van der Waals surface area (Å²) in [6.07, 6.45) is 0.921. The Balaban J connectivity index is 2.19. The number of nitrogens with zero attached hydrogens (tertiary/aromatic N) is 1. The van der Waals surface area contributed by atoms with E-state index in [1.807, 2.05) is 0 Å².